The lowest BCUT2D eigenvalue weighted by Gasteiger charge is -2.27. The second-order valence-corrected chi connectivity index (χ2v) is 9.77. The third kappa shape index (κ3) is 9.09. The van der Waals surface area contributed by atoms with Gasteiger partial charge in [0.05, 0.1) is 12.0 Å². The fourth-order valence-electron chi connectivity index (χ4n) is 4.65. The fraction of sp³-hybridized carbons (Fsp3) is 0.630. The fourth-order valence-corrected chi connectivity index (χ4v) is 4.65. The topological polar surface area (TPSA) is 119 Å². The Bertz CT molecular complexity index is 881. The number of amides is 2. The van der Waals surface area contributed by atoms with Gasteiger partial charge in [0, 0.05) is 38.4 Å². The van der Waals surface area contributed by atoms with Crippen LogP contribution in [0.3, 0.4) is 0 Å². The number of rotatable bonds is 7. The van der Waals surface area contributed by atoms with Crippen LogP contribution in [-0.4, -0.2) is 60.3 Å². The molecular weight excluding hydrogens is 469 g/mol. The summed E-state index contributed by atoms with van der Waals surface area (Å²) < 4.78 is 26.0. The molecule has 8 nitrogen and oxygen atoms in total. The SMILES string of the molecule is CO[C@H]1/C=C/CC/C=C/C(=O)O[C@@H]([C@@H](C)C(=O)C[C@H](O)CC2CC(=O)NC(=O)C2)/C(C)=C\[C@H](C)[C@H]1F. The van der Waals surface area contributed by atoms with Crippen LogP contribution in [0.4, 0.5) is 4.39 Å². The third-order valence-corrected chi connectivity index (χ3v) is 6.62. The molecule has 2 amide bonds. The highest BCUT2D eigenvalue weighted by molar-refractivity contribution is 5.97. The summed E-state index contributed by atoms with van der Waals surface area (Å²) >= 11 is 0. The summed E-state index contributed by atoms with van der Waals surface area (Å²) in [5, 5.41) is 12.7. The number of esters is 1. The average molecular weight is 508 g/mol. The molecule has 1 saturated heterocycles. The van der Waals surface area contributed by atoms with Crippen molar-refractivity contribution in [3.63, 3.8) is 0 Å². The minimum Gasteiger partial charge on any atom is -0.454 e. The van der Waals surface area contributed by atoms with Gasteiger partial charge in [-0.1, -0.05) is 38.2 Å². The number of cyclic esters (lactones) is 1. The number of nitrogens with one attached hydrogen (secondary N) is 1. The molecule has 0 aromatic heterocycles. The van der Waals surface area contributed by atoms with Crippen LogP contribution >= 0.6 is 0 Å². The van der Waals surface area contributed by atoms with E-state index in [0.29, 0.717) is 18.4 Å². The Kier molecular flexibility index (Phi) is 11.7. The Morgan fingerprint density at radius 2 is 1.86 bits per heavy atom. The van der Waals surface area contributed by atoms with Crippen LogP contribution in [0.1, 0.15) is 59.3 Å². The van der Waals surface area contributed by atoms with Crippen molar-refractivity contribution in [3.8, 4) is 0 Å². The molecule has 2 heterocycles. The van der Waals surface area contributed by atoms with Gasteiger partial charge in [-0.15, -0.1) is 0 Å². The zero-order valence-corrected chi connectivity index (χ0v) is 21.4. The van der Waals surface area contributed by atoms with Gasteiger partial charge in [-0.3, -0.25) is 19.7 Å². The molecular formula is C27H38FNO7. The van der Waals surface area contributed by atoms with E-state index in [0.717, 1.165) is 0 Å². The molecule has 2 aliphatic heterocycles. The first-order valence-corrected chi connectivity index (χ1v) is 12.4. The number of ether oxygens (including phenoxy) is 2. The zero-order valence-electron chi connectivity index (χ0n) is 21.4. The number of imide groups is 1. The van der Waals surface area contributed by atoms with Crippen LogP contribution in [0, 0.1) is 17.8 Å². The highest BCUT2D eigenvalue weighted by Crippen LogP contribution is 2.26. The molecule has 0 saturated carbocycles. The minimum atomic E-state index is -1.35. The van der Waals surface area contributed by atoms with Crippen LogP contribution in [-0.2, 0) is 28.7 Å². The maximum absolute atomic E-state index is 15.1. The number of aliphatic hydroxyl groups excluding tert-OH is 1. The van der Waals surface area contributed by atoms with E-state index in [1.165, 1.54) is 13.2 Å². The highest BCUT2D eigenvalue weighted by Gasteiger charge is 2.33. The van der Waals surface area contributed by atoms with Gasteiger partial charge in [0.25, 0.3) is 0 Å². The Balaban J connectivity index is 2.17. The summed E-state index contributed by atoms with van der Waals surface area (Å²) in [6, 6.07) is 0. The van der Waals surface area contributed by atoms with Crippen LogP contribution in [0.5, 0.6) is 0 Å². The number of hydrogen-bond donors (Lipinski definition) is 2. The molecule has 9 heteroatoms. The molecule has 6 atom stereocenters. The molecule has 1 fully saturated rings. The molecule has 36 heavy (non-hydrogen) atoms. The van der Waals surface area contributed by atoms with E-state index in [-0.39, 0.29) is 37.4 Å². The first kappa shape index (κ1) is 29.6. The Morgan fingerprint density at radius 1 is 1.22 bits per heavy atom. The van der Waals surface area contributed by atoms with E-state index in [1.807, 2.05) is 6.08 Å². The largest absolute Gasteiger partial charge is 0.454 e. The standard InChI is InChI=1S/C27H38FNO7/c1-16-11-17(2)27(36-25(34)10-8-6-5-7-9-22(35-4)26(16)28)18(3)21(31)15-20(30)12-19-13-23(32)29-24(33)14-19/h7-11,16,18-20,22,26-27,30H,5-6,12-15H2,1-4H3,(H,29,32,33)/b9-7+,10-8+,17-11-/t16-,18-,20+,22-,26+,27+/m0/s1. The number of carbonyl (C=O) groups excluding carboxylic acids is 4. The summed E-state index contributed by atoms with van der Waals surface area (Å²) in [7, 11) is 1.44. The molecule has 0 aromatic carbocycles. The van der Waals surface area contributed by atoms with Crippen LogP contribution in [0.2, 0.25) is 0 Å². The summed E-state index contributed by atoms with van der Waals surface area (Å²) in [5.41, 5.74) is 0.521. The van der Waals surface area contributed by atoms with Crippen LogP contribution < -0.4 is 5.32 Å². The van der Waals surface area contributed by atoms with Crippen molar-refractivity contribution >= 4 is 23.6 Å². The van der Waals surface area contributed by atoms with Crippen molar-refractivity contribution in [2.45, 2.75) is 83.8 Å². The van der Waals surface area contributed by atoms with Gasteiger partial charge in [0.1, 0.15) is 24.2 Å². The lowest BCUT2D eigenvalue weighted by molar-refractivity contribution is -0.145. The normalized spacial score (nSPS) is 31.7. The maximum atomic E-state index is 15.1. The van der Waals surface area contributed by atoms with Crippen LogP contribution in [0.25, 0.3) is 0 Å². The monoisotopic (exact) mass is 507 g/mol. The highest BCUT2D eigenvalue weighted by atomic mass is 19.1. The molecule has 0 radical (unpaired) electrons. The number of Topliss-reactive ketones (excluding diaryl/α,β-unsaturated/α-hetero) is 1. The second kappa shape index (κ2) is 14.2. The first-order chi connectivity index (χ1) is 17.0. The third-order valence-electron chi connectivity index (χ3n) is 6.62. The lowest BCUT2D eigenvalue weighted by Crippen LogP contribution is -2.40. The van der Waals surface area contributed by atoms with Crippen molar-refractivity contribution in [3.05, 3.63) is 36.0 Å². The molecule has 0 spiro atoms. The van der Waals surface area contributed by atoms with Crippen molar-refractivity contribution < 1.29 is 38.1 Å². The summed E-state index contributed by atoms with van der Waals surface area (Å²) in [4.78, 5) is 48.7. The van der Waals surface area contributed by atoms with E-state index >= 15 is 4.39 Å². The van der Waals surface area contributed by atoms with Crippen LogP contribution in [0.15, 0.2) is 36.0 Å². The van der Waals surface area contributed by atoms with Crippen molar-refractivity contribution in [2.75, 3.05) is 7.11 Å². The summed E-state index contributed by atoms with van der Waals surface area (Å²) in [6.07, 6.45) is 5.31. The molecule has 2 rings (SSSR count). The number of aliphatic hydroxyl groups is 1. The average Bonchev–Trinajstić information content (AvgIpc) is 2.79. The Labute approximate surface area is 212 Å². The minimum absolute atomic E-state index is 0.112. The van der Waals surface area contributed by atoms with E-state index in [4.69, 9.17) is 9.47 Å². The van der Waals surface area contributed by atoms with Gasteiger partial charge >= 0.3 is 5.97 Å². The first-order valence-electron chi connectivity index (χ1n) is 12.4. The molecule has 2 aliphatic rings. The summed E-state index contributed by atoms with van der Waals surface area (Å²) in [6.45, 7) is 4.98. The molecule has 2 N–H and O–H groups in total. The Morgan fingerprint density at radius 3 is 2.50 bits per heavy atom. The van der Waals surface area contributed by atoms with Gasteiger partial charge in [0.2, 0.25) is 11.8 Å². The number of methoxy groups -OCH3 is 1. The van der Waals surface area contributed by atoms with Gasteiger partial charge in [-0.05, 0) is 37.7 Å². The number of alkyl halides is 1. The van der Waals surface area contributed by atoms with E-state index in [2.05, 4.69) is 5.32 Å². The predicted octanol–water partition coefficient (Wildman–Crippen LogP) is 3.14. The number of hydrogen-bond acceptors (Lipinski definition) is 7. The second-order valence-electron chi connectivity index (χ2n) is 9.77. The quantitative estimate of drug-likeness (QED) is 0.309. The van der Waals surface area contributed by atoms with Gasteiger partial charge < -0.3 is 14.6 Å². The molecule has 200 valence electrons. The van der Waals surface area contributed by atoms with Gasteiger partial charge in [-0.25, -0.2) is 9.18 Å². The Hall–Kier alpha value is -2.65. The van der Waals surface area contributed by atoms with Gasteiger partial charge in [0.15, 0.2) is 0 Å². The van der Waals surface area contributed by atoms with E-state index in [1.54, 1.807) is 39.0 Å². The number of piperidine rings is 1. The lowest BCUT2D eigenvalue weighted by atomic mass is 9.85. The zero-order chi connectivity index (χ0) is 26.8. The number of halogens is 1. The van der Waals surface area contributed by atoms with Crippen molar-refractivity contribution in [1.29, 1.82) is 0 Å². The maximum Gasteiger partial charge on any atom is 0.331 e. The van der Waals surface area contributed by atoms with Crippen molar-refractivity contribution in [2.24, 2.45) is 17.8 Å². The van der Waals surface area contributed by atoms with E-state index < -0.39 is 54.1 Å². The summed E-state index contributed by atoms with van der Waals surface area (Å²) in [5.74, 6) is -3.46. The number of ketones is 1. The molecule has 0 bridgehead atoms. The smallest absolute Gasteiger partial charge is 0.331 e. The molecule has 0 aliphatic carbocycles. The number of allylic oxidation sites excluding steroid dienone is 3. The van der Waals surface area contributed by atoms with Crippen molar-refractivity contribution in [1.82, 2.24) is 5.32 Å². The number of carbonyl (C=O) groups is 4. The predicted molar refractivity (Wildman–Crippen MR) is 131 cm³/mol. The molecule has 0 unspecified atom stereocenters. The van der Waals surface area contributed by atoms with E-state index in [9.17, 15) is 24.3 Å². The molecule has 0 aromatic rings. The van der Waals surface area contributed by atoms with Gasteiger partial charge in [-0.2, -0.15) is 0 Å².